The molecule has 1 N–H and O–H groups in total. The summed E-state index contributed by atoms with van der Waals surface area (Å²) in [4.78, 5) is 3.72. The third-order valence-electron chi connectivity index (χ3n) is 11.1. The van der Waals surface area contributed by atoms with Gasteiger partial charge in [0.2, 0.25) is 0 Å². The second-order valence-corrected chi connectivity index (χ2v) is 14.2. The van der Waals surface area contributed by atoms with Gasteiger partial charge in [-0.05, 0) is 118 Å². The minimum absolute atomic E-state index is 1.16. The molecule has 0 aliphatic rings. The Bertz CT molecular complexity index is 3170. The molecule has 1 heteroatoms. The zero-order chi connectivity index (χ0) is 34.9. The molecule has 0 unspecified atom stereocenters. The van der Waals surface area contributed by atoms with Crippen molar-refractivity contribution in [3.05, 3.63) is 194 Å². The molecule has 0 aliphatic heterocycles. The predicted octanol–water partition coefficient (Wildman–Crippen LogP) is 14.6. The Morgan fingerprint density at radius 2 is 0.717 bits per heavy atom. The normalized spacial score (nSPS) is 11.8. The average molecular weight is 672 g/mol. The average Bonchev–Trinajstić information content (AvgIpc) is 3.58. The molecule has 0 aliphatic carbocycles. The maximum atomic E-state index is 3.72. The summed E-state index contributed by atoms with van der Waals surface area (Å²) in [6, 6.07) is 71.3. The summed E-state index contributed by atoms with van der Waals surface area (Å²) in [7, 11) is 0. The van der Waals surface area contributed by atoms with Gasteiger partial charge in [0.25, 0.3) is 0 Å². The fourth-order valence-electron chi connectivity index (χ4n) is 8.70. The standard InChI is InChI=1S/C52H33N/c1-2-14-36-31-50-48(30-35(36)13-1)43-27-26-37(32-49(43)53-50)34-16-9-18-39(28-34)51-44-21-5-7-23-46(44)52(47-24-8-6-22-45(47)51)40-19-10-17-38(29-40)42-25-11-15-33-12-3-4-20-41(33)42/h1-32,53H. The quantitative estimate of drug-likeness (QED) is 0.179. The summed E-state index contributed by atoms with van der Waals surface area (Å²) in [5.41, 5.74) is 12.2. The first-order valence-electron chi connectivity index (χ1n) is 18.3. The summed E-state index contributed by atoms with van der Waals surface area (Å²) in [5, 5.41) is 12.6. The van der Waals surface area contributed by atoms with E-state index in [1.807, 2.05) is 0 Å². The van der Waals surface area contributed by atoms with Crippen molar-refractivity contribution in [1.82, 2.24) is 4.98 Å². The first-order chi connectivity index (χ1) is 26.3. The van der Waals surface area contributed by atoms with E-state index in [2.05, 4.69) is 199 Å². The molecular formula is C52H33N. The molecule has 246 valence electrons. The maximum Gasteiger partial charge on any atom is 0.0471 e. The van der Waals surface area contributed by atoms with Crippen molar-refractivity contribution in [1.29, 1.82) is 0 Å². The van der Waals surface area contributed by atoms with E-state index in [0.717, 1.165) is 5.52 Å². The molecule has 0 saturated heterocycles. The van der Waals surface area contributed by atoms with E-state index in [1.54, 1.807) is 0 Å². The van der Waals surface area contributed by atoms with Crippen LogP contribution in [0.3, 0.4) is 0 Å². The van der Waals surface area contributed by atoms with Crippen LogP contribution in [0, 0.1) is 0 Å². The van der Waals surface area contributed by atoms with Gasteiger partial charge in [0, 0.05) is 21.8 Å². The molecule has 1 aromatic heterocycles. The predicted molar refractivity (Wildman–Crippen MR) is 228 cm³/mol. The van der Waals surface area contributed by atoms with Crippen molar-refractivity contribution >= 4 is 64.9 Å². The van der Waals surface area contributed by atoms with Crippen molar-refractivity contribution < 1.29 is 0 Å². The third kappa shape index (κ3) is 4.79. The Balaban J connectivity index is 1.08. The van der Waals surface area contributed by atoms with Crippen LogP contribution in [0.5, 0.6) is 0 Å². The van der Waals surface area contributed by atoms with E-state index in [1.165, 1.54) is 104 Å². The molecule has 10 aromatic carbocycles. The Kier molecular flexibility index (Phi) is 6.62. The van der Waals surface area contributed by atoms with Crippen LogP contribution in [0.15, 0.2) is 194 Å². The monoisotopic (exact) mass is 671 g/mol. The second-order valence-electron chi connectivity index (χ2n) is 14.2. The van der Waals surface area contributed by atoms with Crippen molar-refractivity contribution in [3.63, 3.8) is 0 Å². The lowest BCUT2D eigenvalue weighted by molar-refractivity contribution is 1.55. The highest BCUT2D eigenvalue weighted by Crippen LogP contribution is 2.45. The molecule has 0 bridgehead atoms. The van der Waals surface area contributed by atoms with Gasteiger partial charge in [-0.3, -0.25) is 0 Å². The number of benzene rings is 10. The van der Waals surface area contributed by atoms with Crippen LogP contribution in [0.2, 0.25) is 0 Å². The molecule has 0 atom stereocenters. The number of hydrogen-bond donors (Lipinski definition) is 1. The zero-order valence-corrected chi connectivity index (χ0v) is 29.0. The van der Waals surface area contributed by atoms with Crippen LogP contribution >= 0.6 is 0 Å². The lowest BCUT2D eigenvalue weighted by Crippen LogP contribution is -1.91. The van der Waals surface area contributed by atoms with Gasteiger partial charge in [-0.25, -0.2) is 0 Å². The molecule has 1 heterocycles. The van der Waals surface area contributed by atoms with Crippen molar-refractivity contribution in [2.75, 3.05) is 0 Å². The first-order valence-corrected chi connectivity index (χ1v) is 18.3. The molecule has 11 aromatic rings. The minimum atomic E-state index is 1.16. The summed E-state index contributed by atoms with van der Waals surface area (Å²) >= 11 is 0. The van der Waals surface area contributed by atoms with Gasteiger partial charge in [0.05, 0.1) is 0 Å². The number of H-pyrrole nitrogens is 1. The fourth-order valence-corrected chi connectivity index (χ4v) is 8.70. The molecule has 11 rings (SSSR count). The van der Waals surface area contributed by atoms with Gasteiger partial charge in [-0.2, -0.15) is 0 Å². The number of aromatic nitrogens is 1. The minimum Gasteiger partial charge on any atom is -0.354 e. The highest BCUT2D eigenvalue weighted by atomic mass is 14.7. The lowest BCUT2D eigenvalue weighted by atomic mass is 9.85. The summed E-state index contributed by atoms with van der Waals surface area (Å²) in [5.74, 6) is 0. The molecule has 0 spiro atoms. The topological polar surface area (TPSA) is 15.8 Å². The lowest BCUT2D eigenvalue weighted by Gasteiger charge is -2.19. The maximum absolute atomic E-state index is 3.72. The summed E-state index contributed by atoms with van der Waals surface area (Å²) in [6.07, 6.45) is 0. The number of hydrogen-bond acceptors (Lipinski definition) is 0. The van der Waals surface area contributed by atoms with Gasteiger partial charge >= 0.3 is 0 Å². The van der Waals surface area contributed by atoms with Crippen LogP contribution in [0.4, 0.5) is 0 Å². The number of nitrogens with one attached hydrogen (secondary N) is 1. The third-order valence-corrected chi connectivity index (χ3v) is 11.1. The Labute approximate surface area is 307 Å². The molecule has 0 saturated carbocycles. The number of aromatic amines is 1. The van der Waals surface area contributed by atoms with Crippen LogP contribution in [-0.4, -0.2) is 4.98 Å². The van der Waals surface area contributed by atoms with Gasteiger partial charge < -0.3 is 4.98 Å². The molecule has 0 fully saturated rings. The highest BCUT2D eigenvalue weighted by Gasteiger charge is 2.18. The van der Waals surface area contributed by atoms with Crippen LogP contribution in [-0.2, 0) is 0 Å². The zero-order valence-electron chi connectivity index (χ0n) is 29.0. The molecule has 53 heavy (non-hydrogen) atoms. The van der Waals surface area contributed by atoms with E-state index >= 15 is 0 Å². The Morgan fingerprint density at radius 1 is 0.245 bits per heavy atom. The van der Waals surface area contributed by atoms with Gasteiger partial charge in [0.1, 0.15) is 0 Å². The van der Waals surface area contributed by atoms with Crippen LogP contribution < -0.4 is 0 Å². The van der Waals surface area contributed by atoms with Gasteiger partial charge in [0.15, 0.2) is 0 Å². The van der Waals surface area contributed by atoms with Crippen LogP contribution in [0.25, 0.3) is 109 Å². The van der Waals surface area contributed by atoms with E-state index < -0.39 is 0 Å². The fraction of sp³-hybridized carbons (Fsp3) is 0. The summed E-state index contributed by atoms with van der Waals surface area (Å²) in [6.45, 7) is 0. The molecule has 0 radical (unpaired) electrons. The number of rotatable bonds is 4. The van der Waals surface area contributed by atoms with E-state index in [4.69, 9.17) is 0 Å². The van der Waals surface area contributed by atoms with Gasteiger partial charge in [-0.15, -0.1) is 0 Å². The number of fused-ring (bicyclic) bond motifs is 7. The Morgan fingerprint density at radius 3 is 1.40 bits per heavy atom. The smallest absolute Gasteiger partial charge is 0.0471 e. The van der Waals surface area contributed by atoms with E-state index in [9.17, 15) is 0 Å². The molecule has 0 amide bonds. The molecular weight excluding hydrogens is 639 g/mol. The van der Waals surface area contributed by atoms with Gasteiger partial charge in [-0.1, -0.05) is 164 Å². The summed E-state index contributed by atoms with van der Waals surface area (Å²) < 4.78 is 0. The SMILES string of the molecule is c1cc(-c2ccc3c(c2)[nH]c2cc4ccccc4cc23)cc(-c2c3ccccc3c(-c3cccc(-c4cccc5ccccc45)c3)c3ccccc23)c1. The van der Waals surface area contributed by atoms with E-state index in [-0.39, 0.29) is 0 Å². The highest BCUT2D eigenvalue weighted by molar-refractivity contribution is 6.22. The first kappa shape index (κ1) is 29.7. The largest absolute Gasteiger partial charge is 0.354 e. The van der Waals surface area contributed by atoms with Crippen molar-refractivity contribution in [2.45, 2.75) is 0 Å². The van der Waals surface area contributed by atoms with Crippen molar-refractivity contribution in [2.24, 2.45) is 0 Å². The van der Waals surface area contributed by atoms with Crippen molar-refractivity contribution in [3.8, 4) is 44.5 Å². The second kappa shape index (κ2) is 11.8. The van der Waals surface area contributed by atoms with Crippen LogP contribution in [0.1, 0.15) is 0 Å². The molecule has 1 nitrogen and oxygen atoms in total. The van der Waals surface area contributed by atoms with E-state index in [0.29, 0.717) is 0 Å². The Hall–Kier alpha value is -6.96.